The third-order valence-corrected chi connectivity index (χ3v) is 3.54. The molecule has 2 aromatic carbocycles. The predicted octanol–water partition coefficient (Wildman–Crippen LogP) is 4.55. The number of hydrogen-bond donors (Lipinski definition) is 0. The molecule has 3 heteroatoms. The van der Waals surface area contributed by atoms with Crippen LogP contribution in [-0.4, -0.2) is 0 Å². The first kappa shape index (κ1) is 11.5. The van der Waals surface area contributed by atoms with Crippen molar-refractivity contribution in [3.63, 3.8) is 0 Å². The number of rotatable bonds is 2. The van der Waals surface area contributed by atoms with Gasteiger partial charge in [0.15, 0.2) is 0 Å². The van der Waals surface area contributed by atoms with Gasteiger partial charge in [0.05, 0.1) is 5.02 Å². The average molecular weight is 263 g/mol. The molecule has 0 aliphatic heterocycles. The Labute approximate surface area is 110 Å². The van der Waals surface area contributed by atoms with Crippen molar-refractivity contribution in [2.45, 2.75) is 18.9 Å². The molecule has 3 rings (SSSR count). The Bertz CT molecular complexity index is 582. The zero-order valence-corrected chi connectivity index (χ0v) is 10.5. The third kappa shape index (κ3) is 2.08. The van der Waals surface area contributed by atoms with Gasteiger partial charge in [0, 0.05) is 0 Å². The maximum absolute atomic E-state index is 13.0. The average Bonchev–Trinajstić information content (AvgIpc) is 2.76. The first-order valence-electron chi connectivity index (χ1n) is 5.93. The van der Waals surface area contributed by atoms with Gasteiger partial charge in [0.1, 0.15) is 17.7 Å². The second-order valence-electron chi connectivity index (χ2n) is 4.42. The molecular formula is C15H12ClFO. The molecule has 92 valence electrons. The molecule has 2 aromatic rings. The van der Waals surface area contributed by atoms with Gasteiger partial charge in [-0.3, -0.25) is 0 Å². The van der Waals surface area contributed by atoms with Crippen LogP contribution in [0.3, 0.4) is 0 Å². The number of ether oxygens (including phenoxy) is 1. The highest BCUT2D eigenvalue weighted by atomic mass is 35.5. The first-order chi connectivity index (χ1) is 8.74. The van der Waals surface area contributed by atoms with Gasteiger partial charge in [-0.2, -0.15) is 0 Å². The monoisotopic (exact) mass is 262 g/mol. The Morgan fingerprint density at radius 1 is 1.17 bits per heavy atom. The van der Waals surface area contributed by atoms with Crippen LogP contribution in [-0.2, 0) is 6.42 Å². The van der Waals surface area contributed by atoms with Gasteiger partial charge >= 0.3 is 0 Å². The molecule has 0 spiro atoms. The fourth-order valence-corrected chi connectivity index (χ4v) is 2.58. The molecule has 0 amide bonds. The SMILES string of the molecule is Fc1ccc(OC2CCc3ccccc32)c(Cl)c1. The lowest BCUT2D eigenvalue weighted by atomic mass is 10.1. The van der Waals surface area contributed by atoms with Crippen molar-refractivity contribution in [2.75, 3.05) is 0 Å². The molecule has 1 nitrogen and oxygen atoms in total. The van der Waals surface area contributed by atoms with Gasteiger partial charge < -0.3 is 4.74 Å². The van der Waals surface area contributed by atoms with E-state index in [1.807, 2.05) is 12.1 Å². The highest BCUT2D eigenvalue weighted by Gasteiger charge is 2.24. The molecule has 0 aromatic heterocycles. The van der Waals surface area contributed by atoms with Gasteiger partial charge in [0.2, 0.25) is 0 Å². The zero-order chi connectivity index (χ0) is 12.5. The van der Waals surface area contributed by atoms with Crippen molar-refractivity contribution in [3.8, 4) is 5.75 Å². The predicted molar refractivity (Wildman–Crippen MR) is 69.5 cm³/mol. The summed E-state index contributed by atoms with van der Waals surface area (Å²) in [5, 5.41) is 0.319. The lowest BCUT2D eigenvalue weighted by molar-refractivity contribution is 0.207. The Hall–Kier alpha value is -1.54. The summed E-state index contributed by atoms with van der Waals surface area (Å²) in [4.78, 5) is 0. The maximum Gasteiger partial charge on any atom is 0.139 e. The molecule has 0 fully saturated rings. The lowest BCUT2D eigenvalue weighted by Gasteiger charge is -2.15. The van der Waals surface area contributed by atoms with E-state index in [1.54, 1.807) is 6.07 Å². The van der Waals surface area contributed by atoms with Crippen molar-refractivity contribution in [1.82, 2.24) is 0 Å². The number of benzene rings is 2. The van der Waals surface area contributed by atoms with Crippen LogP contribution in [0, 0.1) is 5.82 Å². The molecule has 1 unspecified atom stereocenters. The van der Waals surface area contributed by atoms with Crippen LogP contribution in [0.5, 0.6) is 5.75 Å². The van der Waals surface area contributed by atoms with E-state index in [0.717, 1.165) is 12.8 Å². The van der Waals surface area contributed by atoms with Crippen LogP contribution in [0.4, 0.5) is 4.39 Å². The van der Waals surface area contributed by atoms with Crippen LogP contribution in [0.1, 0.15) is 23.7 Å². The van der Waals surface area contributed by atoms with E-state index >= 15 is 0 Å². The van der Waals surface area contributed by atoms with Crippen LogP contribution in [0.25, 0.3) is 0 Å². The molecule has 1 aliphatic carbocycles. The van der Waals surface area contributed by atoms with E-state index in [-0.39, 0.29) is 11.9 Å². The van der Waals surface area contributed by atoms with Crippen molar-refractivity contribution in [1.29, 1.82) is 0 Å². The Kier molecular flexibility index (Phi) is 2.96. The quantitative estimate of drug-likeness (QED) is 0.772. The lowest BCUT2D eigenvalue weighted by Crippen LogP contribution is -2.03. The Balaban J connectivity index is 1.86. The van der Waals surface area contributed by atoms with Crippen LogP contribution < -0.4 is 4.74 Å². The smallest absolute Gasteiger partial charge is 0.139 e. The molecule has 18 heavy (non-hydrogen) atoms. The molecule has 0 saturated heterocycles. The minimum Gasteiger partial charge on any atom is -0.484 e. The molecule has 1 aliphatic rings. The van der Waals surface area contributed by atoms with E-state index in [2.05, 4.69) is 12.1 Å². The molecule has 0 saturated carbocycles. The Morgan fingerprint density at radius 3 is 2.83 bits per heavy atom. The van der Waals surface area contributed by atoms with E-state index in [4.69, 9.17) is 16.3 Å². The normalized spacial score (nSPS) is 17.6. The van der Waals surface area contributed by atoms with Crippen molar-refractivity contribution < 1.29 is 9.13 Å². The standard InChI is InChI=1S/C15H12ClFO/c16-13-9-11(17)6-8-15(13)18-14-7-5-10-3-1-2-4-12(10)14/h1-4,6,8-9,14H,5,7H2. The summed E-state index contributed by atoms with van der Waals surface area (Å²) in [6.07, 6.45) is 1.97. The Morgan fingerprint density at radius 2 is 2.00 bits per heavy atom. The van der Waals surface area contributed by atoms with E-state index in [0.29, 0.717) is 10.8 Å². The zero-order valence-electron chi connectivity index (χ0n) is 9.70. The summed E-state index contributed by atoms with van der Waals surface area (Å²) in [7, 11) is 0. The van der Waals surface area contributed by atoms with Crippen molar-refractivity contribution >= 4 is 11.6 Å². The van der Waals surface area contributed by atoms with Crippen molar-refractivity contribution in [2.24, 2.45) is 0 Å². The van der Waals surface area contributed by atoms with Crippen LogP contribution in [0.15, 0.2) is 42.5 Å². The summed E-state index contributed by atoms with van der Waals surface area (Å²) in [6, 6.07) is 12.5. The number of halogens is 2. The minimum atomic E-state index is -0.348. The second-order valence-corrected chi connectivity index (χ2v) is 4.83. The summed E-state index contributed by atoms with van der Waals surface area (Å²) < 4.78 is 18.8. The number of hydrogen-bond acceptors (Lipinski definition) is 1. The van der Waals surface area contributed by atoms with Gasteiger partial charge in [-0.05, 0) is 42.2 Å². The third-order valence-electron chi connectivity index (χ3n) is 3.24. The topological polar surface area (TPSA) is 9.23 Å². The van der Waals surface area contributed by atoms with Gasteiger partial charge in [-0.1, -0.05) is 35.9 Å². The highest BCUT2D eigenvalue weighted by molar-refractivity contribution is 6.32. The minimum absolute atomic E-state index is 0.0177. The van der Waals surface area contributed by atoms with E-state index in [1.165, 1.54) is 23.3 Å². The van der Waals surface area contributed by atoms with Crippen molar-refractivity contribution in [3.05, 3.63) is 64.4 Å². The molecule has 1 atom stereocenters. The number of aryl methyl sites for hydroxylation is 1. The summed E-state index contributed by atoms with van der Waals surface area (Å²) in [5.41, 5.74) is 2.53. The molecule has 0 heterocycles. The van der Waals surface area contributed by atoms with Crippen LogP contribution in [0.2, 0.25) is 5.02 Å². The van der Waals surface area contributed by atoms with Gasteiger partial charge in [-0.15, -0.1) is 0 Å². The fourth-order valence-electron chi connectivity index (χ4n) is 2.36. The second kappa shape index (κ2) is 4.62. The van der Waals surface area contributed by atoms with Gasteiger partial charge in [-0.25, -0.2) is 4.39 Å². The maximum atomic E-state index is 13.0. The molecular weight excluding hydrogens is 251 g/mol. The first-order valence-corrected chi connectivity index (χ1v) is 6.31. The molecule has 0 radical (unpaired) electrons. The fraction of sp³-hybridized carbons (Fsp3) is 0.200. The summed E-state index contributed by atoms with van der Waals surface area (Å²) in [5.74, 6) is 0.193. The largest absolute Gasteiger partial charge is 0.484 e. The molecule has 0 bridgehead atoms. The van der Waals surface area contributed by atoms with E-state index < -0.39 is 0 Å². The number of fused-ring (bicyclic) bond motifs is 1. The van der Waals surface area contributed by atoms with Crippen LogP contribution >= 0.6 is 11.6 Å². The van der Waals surface area contributed by atoms with Gasteiger partial charge in [0.25, 0.3) is 0 Å². The highest BCUT2D eigenvalue weighted by Crippen LogP contribution is 2.37. The summed E-state index contributed by atoms with van der Waals surface area (Å²) in [6.45, 7) is 0. The molecule has 0 N–H and O–H groups in total. The summed E-state index contributed by atoms with van der Waals surface area (Å²) >= 11 is 5.97. The van der Waals surface area contributed by atoms with E-state index in [9.17, 15) is 4.39 Å².